The maximum atomic E-state index is 12.7. The van der Waals surface area contributed by atoms with Gasteiger partial charge in [0, 0.05) is 25.2 Å². The molecule has 1 saturated heterocycles. The summed E-state index contributed by atoms with van der Waals surface area (Å²) in [6.45, 7) is 4.27. The number of anilines is 1. The predicted molar refractivity (Wildman–Crippen MR) is 99.6 cm³/mol. The van der Waals surface area contributed by atoms with Gasteiger partial charge in [0.15, 0.2) is 0 Å². The van der Waals surface area contributed by atoms with E-state index in [1.54, 1.807) is 12.1 Å². The van der Waals surface area contributed by atoms with E-state index >= 15 is 0 Å². The van der Waals surface area contributed by atoms with Gasteiger partial charge < -0.3 is 14.5 Å². The van der Waals surface area contributed by atoms with Gasteiger partial charge in [-0.2, -0.15) is 14.6 Å². The Hall–Kier alpha value is -2.41. The van der Waals surface area contributed by atoms with Crippen LogP contribution in [0.25, 0.3) is 11.5 Å². The number of benzene rings is 1. The molecule has 0 saturated carbocycles. The van der Waals surface area contributed by atoms with Crippen LogP contribution in [0.5, 0.6) is 0 Å². The summed E-state index contributed by atoms with van der Waals surface area (Å²) < 4.78 is 37.6. The van der Waals surface area contributed by atoms with Gasteiger partial charge in [-0.05, 0) is 30.7 Å². The van der Waals surface area contributed by atoms with Crippen molar-refractivity contribution in [1.82, 2.24) is 9.29 Å². The summed E-state index contributed by atoms with van der Waals surface area (Å²) in [5.41, 5.74) is 0.794. The third-order valence-electron chi connectivity index (χ3n) is 4.26. The minimum Gasteiger partial charge on any atom is -0.419 e. The zero-order chi connectivity index (χ0) is 19.3. The van der Waals surface area contributed by atoms with Crippen LogP contribution in [0.15, 0.2) is 33.6 Å². The van der Waals surface area contributed by atoms with E-state index in [9.17, 15) is 13.7 Å². The van der Waals surface area contributed by atoms with Gasteiger partial charge in [0.05, 0.1) is 18.1 Å². The first-order chi connectivity index (χ1) is 13.1. The molecule has 9 heteroatoms. The van der Waals surface area contributed by atoms with E-state index in [0.717, 1.165) is 12.8 Å². The van der Waals surface area contributed by atoms with Crippen molar-refractivity contribution >= 4 is 15.9 Å². The number of oxazole rings is 1. The van der Waals surface area contributed by atoms with Crippen LogP contribution in [0.1, 0.15) is 25.5 Å². The van der Waals surface area contributed by atoms with Crippen molar-refractivity contribution in [2.24, 2.45) is 0 Å². The number of sulfonamides is 1. The quantitative estimate of drug-likeness (QED) is 0.723. The summed E-state index contributed by atoms with van der Waals surface area (Å²) in [6.07, 6.45) is 1.98. The Bertz CT molecular complexity index is 910. The minimum atomic E-state index is -3.55. The molecule has 0 bridgehead atoms. The molecule has 1 fully saturated rings. The molecule has 2 aromatic rings. The van der Waals surface area contributed by atoms with Crippen LogP contribution in [-0.4, -0.2) is 50.6 Å². The van der Waals surface area contributed by atoms with Crippen molar-refractivity contribution in [2.45, 2.75) is 24.7 Å². The van der Waals surface area contributed by atoms with Crippen molar-refractivity contribution in [2.75, 3.05) is 38.2 Å². The number of unbranched alkanes of at least 4 members (excludes halogenated alkanes) is 1. The Morgan fingerprint density at radius 3 is 2.59 bits per heavy atom. The Morgan fingerprint density at radius 2 is 1.96 bits per heavy atom. The Morgan fingerprint density at radius 1 is 1.26 bits per heavy atom. The lowest BCUT2D eigenvalue weighted by Gasteiger charge is -2.26. The average molecular weight is 390 g/mol. The van der Waals surface area contributed by atoms with E-state index in [2.05, 4.69) is 17.2 Å². The molecule has 1 aliphatic heterocycles. The molecule has 1 aliphatic rings. The molecule has 1 aromatic heterocycles. The second kappa shape index (κ2) is 8.52. The number of nitrogens with one attached hydrogen (secondary N) is 1. The summed E-state index contributed by atoms with van der Waals surface area (Å²) >= 11 is 0. The number of morpholine rings is 1. The summed E-state index contributed by atoms with van der Waals surface area (Å²) in [7, 11) is -3.55. The SMILES string of the molecule is CCCCNc1oc(-c2ccc(S(=O)(=O)N3CCOCC3)cc2)nc1C#N. The highest BCUT2D eigenvalue weighted by Gasteiger charge is 2.26. The van der Waals surface area contributed by atoms with Gasteiger partial charge in [0.2, 0.25) is 27.5 Å². The molecular formula is C18H22N4O4S. The maximum absolute atomic E-state index is 12.7. The summed E-state index contributed by atoms with van der Waals surface area (Å²) in [5.74, 6) is 0.617. The van der Waals surface area contributed by atoms with Gasteiger partial charge in [-0.1, -0.05) is 13.3 Å². The van der Waals surface area contributed by atoms with E-state index in [-0.39, 0.29) is 16.5 Å². The molecule has 1 aromatic carbocycles. The molecule has 0 radical (unpaired) electrons. The molecule has 0 atom stereocenters. The van der Waals surface area contributed by atoms with Crippen LogP contribution in [0.2, 0.25) is 0 Å². The number of ether oxygens (including phenoxy) is 1. The van der Waals surface area contributed by atoms with Crippen LogP contribution in [0.3, 0.4) is 0 Å². The summed E-state index contributed by atoms with van der Waals surface area (Å²) in [5, 5.41) is 12.3. The van der Waals surface area contributed by atoms with Gasteiger partial charge >= 0.3 is 0 Å². The third kappa shape index (κ3) is 4.30. The highest BCUT2D eigenvalue weighted by Crippen LogP contribution is 2.27. The summed E-state index contributed by atoms with van der Waals surface area (Å²) in [6, 6.07) is 8.34. The van der Waals surface area contributed by atoms with Gasteiger partial charge in [-0.25, -0.2) is 8.42 Å². The lowest BCUT2D eigenvalue weighted by atomic mass is 10.2. The van der Waals surface area contributed by atoms with Gasteiger partial charge in [0.1, 0.15) is 6.07 Å². The van der Waals surface area contributed by atoms with Crippen molar-refractivity contribution in [1.29, 1.82) is 5.26 Å². The van der Waals surface area contributed by atoms with Crippen LogP contribution >= 0.6 is 0 Å². The molecule has 2 heterocycles. The van der Waals surface area contributed by atoms with Crippen molar-refractivity contribution in [3.63, 3.8) is 0 Å². The number of hydrogen-bond acceptors (Lipinski definition) is 7. The van der Waals surface area contributed by atoms with Gasteiger partial charge in [0.25, 0.3) is 0 Å². The number of hydrogen-bond donors (Lipinski definition) is 1. The molecule has 144 valence electrons. The first kappa shape index (κ1) is 19.4. The standard InChI is InChI=1S/C18H22N4O4S/c1-2-3-8-20-18-16(13-19)21-17(26-18)14-4-6-15(7-5-14)27(23,24)22-9-11-25-12-10-22/h4-7,20H,2-3,8-12H2,1H3. The fourth-order valence-corrected chi connectivity index (χ4v) is 4.13. The molecule has 0 aliphatic carbocycles. The Balaban J connectivity index is 1.80. The minimum absolute atomic E-state index is 0.186. The van der Waals surface area contributed by atoms with Crippen LogP contribution in [0.4, 0.5) is 5.88 Å². The van der Waals surface area contributed by atoms with E-state index in [1.807, 2.05) is 6.07 Å². The topological polar surface area (TPSA) is 108 Å². The molecule has 0 unspecified atom stereocenters. The molecule has 8 nitrogen and oxygen atoms in total. The fourth-order valence-electron chi connectivity index (χ4n) is 2.72. The first-order valence-electron chi connectivity index (χ1n) is 8.89. The van der Waals surface area contributed by atoms with Crippen LogP contribution < -0.4 is 5.32 Å². The number of rotatable bonds is 7. The number of nitrogens with zero attached hydrogens (tertiary/aromatic N) is 3. The van der Waals surface area contributed by atoms with E-state index in [4.69, 9.17) is 9.15 Å². The zero-order valence-corrected chi connectivity index (χ0v) is 16.0. The Kier molecular flexibility index (Phi) is 6.11. The normalized spacial score (nSPS) is 15.4. The molecule has 0 spiro atoms. The highest BCUT2D eigenvalue weighted by atomic mass is 32.2. The third-order valence-corrected chi connectivity index (χ3v) is 6.17. The maximum Gasteiger partial charge on any atom is 0.243 e. The van der Waals surface area contributed by atoms with Crippen molar-refractivity contribution in [3.8, 4) is 17.5 Å². The second-order valence-corrected chi connectivity index (χ2v) is 8.07. The van der Waals surface area contributed by atoms with Crippen molar-refractivity contribution < 1.29 is 17.6 Å². The fraction of sp³-hybridized carbons (Fsp3) is 0.444. The number of aromatic nitrogens is 1. The van der Waals surface area contributed by atoms with E-state index < -0.39 is 10.0 Å². The molecular weight excluding hydrogens is 368 g/mol. The smallest absolute Gasteiger partial charge is 0.243 e. The highest BCUT2D eigenvalue weighted by molar-refractivity contribution is 7.89. The van der Waals surface area contributed by atoms with Crippen LogP contribution in [-0.2, 0) is 14.8 Å². The first-order valence-corrected chi connectivity index (χ1v) is 10.3. The van der Waals surface area contributed by atoms with Gasteiger partial charge in [-0.3, -0.25) is 0 Å². The monoisotopic (exact) mass is 390 g/mol. The van der Waals surface area contributed by atoms with Crippen molar-refractivity contribution in [3.05, 3.63) is 30.0 Å². The average Bonchev–Trinajstić information content (AvgIpc) is 3.12. The van der Waals surface area contributed by atoms with E-state index in [0.29, 0.717) is 44.3 Å². The molecule has 1 N–H and O–H groups in total. The predicted octanol–water partition coefficient (Wildman–Crippen LogP) is 2.45. The molecule has 27 heavy (non-hydrogen) atoms. The zero-order valence-electron chi connectivity index (χ0n) is 15.1. The second-order valence-electron chi connectivity index (χ2n) is 6.13. The lowest BCUT2D eigenvalue weighted by Crippen LogP contribution is -2.40. The lowest BCUT2D eigenvalue weighted by molar-refractivity contribution is 0.0730. The van der Waals surface area contributed by atoms with Gasteiger partial charge in [-0.15, -0.1) is 0 Å². The summed E-state index contributed by atoms with van der Waals surface area (Å²) in [4.78, 5) is 4.40. The number of nitriles is 1. The largest absolute Gasteiger partial charge is 0.419 e. The molecule has 0 amide bonds. The molecule has 3 rings (SSSR count). The Labute approximate surface area is 158 Å². The van der Waals surface area contributed by atoms with Crippen LogP contribution in [0, 0.1) is 11.3 Å². The van der Waals surface area contributed by atoms with E-state index in [1.165, 1.54) is 16.4 Å².